The van der Waals surface area contributed by atoms with Crippen LogP contribution in [0.3, 0.4) is 0 Å². The van der Waals surface area contributed by atoms with Crippen LogP contribution in [0.4, 0.5) is 0 Å². The van der Waals surface area contributed by atoms with Crippen LogP contribution in [-0.4, -0.2) is 41.8 Å². The SMILES string of the molecule is [O-]C(CN=Cc1cc(Cl)ccc1O)CN=Cc1cc(Cl)ccc1O. The van der Waals surface area contributed by atoms with Crippen molar-refractivity contribution in [1.82, 2.24) is 0 Å². The molecule has 0 spiro atoms. The zero-order chi connectivity index (χ0) is 17.5. The highest BCUT2D eigenvalue weighted by Crippen LogP contribution is 2.20. The van der Waals surface area contributed by atoms with Gasteiger partial charge in [-0.25, -0.2) is 0 Å². The number of hydrogen-bond acceptors (Lipinski definition) is 5. The molecule has 0 aromatic heterocycles. The van der Waals surface area contributed by atoms with Crippen LogP contribution in [0.1, 0.15) is 11.1 Å². The molecule has 0 unspecified atom stereocenters. The summed E-state index contributed by atoms with van der Waals surface area (Å²) < 4.78 is 0. The number of rotatable bonds is 6. The molecule has 0 radical (unpaired) electrons. The van der Waals surface area contributed by atoms with Gasteiger partial charge in [-0.3, -0.25) is 9.98 Å². The van der Waals surface area contributed by atoms with E-state index < -0.39 is 6.10 Å². The van der Waals surface area contributed by atoms with Crippen LogP contribution in [0.15, 0.2) is 46.4 Å². The van der Waals surface area contributed by atoms with Gasteiger partial charge in [0.15, 0.2) is 0 Å². The summed E-state index contributed by atoms with van der Waals surface area (Å²) in [6.45, 7) is 0.00957. The summed E-state index contributed by atoms with van der Waals surface area (Å²) in [6.07, 6.45) is 1.76. The first kappa shape index (κ1) is 18.3. The highest BCUT2D eigenvalue weighted by molar-refractivity contribution is 6.31. The maximum Gasteiger partial charge on any atom is 0.124 e. The Morgan fingerprint density at radius 1 is 0.875 bits per heavy atom. The molecule has 2 rings (SSSR count). The molecule has 2 N–H and O–H groups in total. The molecule has 0 atom stereocenters. The van der Waals surface area contributed by atoms with Crippen LogP contribution < -0.4 is 5.11 Å². The average molecular weight is 366 g/mol. The number of benzene rings is 2. The van der Waals surface area contributed by atoms with E-state index in [1.807, 2.05) is 0 Å². The molecule has 0 aliphatic carbocycles. The van der Waals surface area contributed by atoms with Gasteiger partial charge in [-0.15, -0.1) is 0 Å². The summed E-state index contributed by atoms with van der Waals surface area (Å²) in [4.78, 5) is 8.00. The highest BCUT2D eigenvalue weighted by atomic mass is 35.5. The first-order valence-electron chi connectivity index (χ1n) is 7.08. The number of halogens is 2. The number of aliphatic imine (C=N–C) groups is 2. The third-order valence-corrected chi connectivity index (χ3v) is 3.53. The molecule has 7 heteroatoms. The van der Waals surface area contributed by atoms with E-state index in [9.17, 15) is 15.3 Å². The minimum absolute atomic E-state index is 0.00478. The maximum atomic E-state index is 11.8. The summed E-state index contributed by atoms with van der Waals surface area (Å²) in [6, 6.07) is 9.15. The fourth-order valence-electron chi connectivity index (χ4n) is 1.85. The van der Waals surface area contributed by atoms with Crippen molar-refractivity contribution >= 4 is 35.6 Å². The smallest absolute Gasteiger partial charge is 0.124 e. The van der Waals surface area contributed by atoms with Crippen molar-refractivity contribution in [2.75, 3.05) is 13.1 Å². The van der Waals surface area contributed by atoms with E-state index in [0.717, 1.165) is 0 Å². The van der Waals surface area contributed by atoms with Crippen molar-refractivity contribution in [3.8, 4) is 11.5 Å². The molecule has 0 saturated carbocycles. The quantitative estimate of drug-likeness (QED) is 0.771. The first-order valence-corrected chi connectivity index (χ1v) is 7.84. The third kappa shape index (κ3) is 5.53. The van der Waals surface area contributed by atoms with Crippen molar-refractivity contribution in [3.63, 3.8) is 0 Å². The van der Waals surface area contributed by atoms with E-state index in [4.69, 9.17) is 23.2 Å². The van der Waals surface area contributed by atoms with Gasteiger partial charge in [0.2, 0.25) is 0 Å². The topological polar surface area (TPSA) is 88.2 Å². The van der Waals surface area contributed by atoms with E-state index in [1.54, 1.807) is 24.3 Å². The summed E-state index contributed by atoms with van der Waals surface area (Å²) in [5, 5.41) is 32.0. The van der Waals surface area contributed by atoms with E-state index in [1.165, 1.54) is 24.6 Å². The summed E-state index contributed by atoms with van der Waals surface area (Å²) in [5.41, 5.74) is 0.893. The third-order valence-electron chi connectivity index (χ3n) is 3.06. The normalized spacial score (nSPS) is 13.0. The first-order chi connectivity index (χ1) is 11.5. The fraction of sp³-hybridized carbons (Fsp3) is 0.176. The van der Waals surface area contributed by atoms with Crippen molar-refractivity contribution in [3.05, 3.63) is 57.6 Å². The molecular weight excluding hydrogens is 351 g/mol. The Labute approximate surface area is 149 Å². The lowest BCUT2D eigenvalue weighted by Crippen LogP contribution is -2.31. The maximum absolute atomic E-state index is 11.8. The monoisotopic (exact) mass is 365 g/mol. The van der Waals surface area contributed by atoms with Gasteiger partial charge in [0.05, 0.1) is 0 Å². The van der Waals surface area contributed by atoms with Crippen LogP contribution in [0.25, 0.3) is 0 Å². The zero-order valence-corrected chi connectivity index (χ0v) is 14.1. The Hall–Kier alpha value is -2.08. The minimum atomic E-state index is -1.04. The van der Waals surface area contributed by atoms with Gasteiger partial charge >= 0.3 is 0 Å². The second-order valence-electron chi connectivity index (χ2n) is 5.02. The number of phenolic OH excluding ortho intramolecular Hbond substituents is 2. The van der Waals surface area contributed by atoms with Crippen LogP contribution in [0.2, 0.25) is 10.0 Å². The van der Waals surface area contributed by atoms with Crippen molar-refractivity contribution in [2.45, 2.75) is 6.10 Å². The van der Waals surface area contributed by atoms with Crippen molar-refractivity contribution < 1.29 is 15.3 Å². The fourth-order valence-corrected chi connectivity index (χ4v) is 2.21. The predicted molar refractivity (Wildman–Crippen MR) is 94.9 cm³/mol. The number of phenols is 2. The average Bonchev–Trinajstić information content (AvgIpc) is 2.54. The van der Waals surface area contributed by atoms with Crippen LogP contribution in [0, 0.1) is 0 Å². The van der Waals surface area contributed by atoms with Gasteiger partial charge in [0, 0.05) is 46.7 Å². The van der Waals surface area contributed by atoms with Crippen LogP contribution in [-0.2, 0) is 0 Å². The minimum Gasteiger partial charge on any atom is -0.849 e. The lowest BCUT2D eigenvalue weighted by molar-refractivity contribution is -0.411. The molecule has 0 amide bonds. The zero-order valence-electron chi connectivity index (χ0n) is 12.6. The van der Waals surface area contributed by atoms with Gasteiger partial charge in [0.1, 0.15) is 11.5 Å². The lowest BCUT2D eigenvalue weighted by atomic mass is 10.2. The van der Waals surface area contributed by atoms with Crippen molar-refractivity contribution in [2.24, 2.45) is 9.98 Å². The molecule has 0 bridgehead atoms. The number of aromatic hydroxyl groups is 2. The van der Waals surface area contributed by atoms with Gasteiger partial charge in [-0.1, -0.05) is 29.3 Å². The van der Waals surface area contributed by atoms with Gasteiger partial charge in [-0.05, 0) is 36.4 Å². The Morgan fingerprint density at radius 2 is 1.29 bits per heavy atom. The predicted octanol–water partition coefficient (Wildman–Crippen LogP) is 2.67. The van der Waals surface area contributed by atoms with Crippen LogP contribution in [0.5, 0.6) is 11.5 Å². The Morgan fingerprint density at radius 3 is 1.71 bits per heavy atom. The lowest BCUT2D eigenvalue weighted by Gasteiger charge is -2.16. The summed E-state index contributed by atoms with van der Waals surface area (Å²) in [5.74, 6) is 0.0834. The Bertz CT molecular complexity index is 700. The van der Waals surface area contributed by atoms with E-state index in [0.29, 0.717) is 21.2 Å². The largest absolute Gasteiger partial charge is 0.849 e. The number of hydrogen-bond donors (Lipinski definition) is 2. The van der Waals surface area contributed by atoms with Crippen molar-refractivity contribution in [1.29, 1.82) is 0 Å². The molecule has 0 fully saturated rings. The van der Waals surface area contributed by atoms with E-state index >= 15 is 0 Å². The highest BCUT2D eigenvalue weighted by Gasteiger charge is 2.00. The molecule has 2 aromatic carbocycles. The second kappa shape index (κ2) is 8.68. The molecule has 5 nitrogen and oxygen atoms in total. The molecule has 0 aliphatic rings. The molecule has 0 aliphatic heterocycles. The second-order valence-corrected chi connectivity index (χ2v) is 5.89. The molecule has 126 valence electrons. The van der Waals surface area contributed by atoms with Gasteiger partial charge in [0.25, 0.3) is 0 Å². The summed E-state index contributed by atoms with van der Waals surface area (Å²) >= 11 is 11.7. The number of nitrogens with zero attached hydrogens (tertiary/aromatic N) is 2. The molecule has 0 heterocycles. The van der Waals surface area contributed by atoms with E-state index in [2.05, 4.69) is 9.98 Å². The standard InChI is InChI=1S/C17H15Cl2N2O3/c18-13-1-3-16(23)11(5-13)7-20-9-15(22)10-21-8-12-6-14(19)2-4-17(12)24/h1-8,15,23-24H,9-10H2/q-1. The van der Waals surface area contributed by atoms with Gasteiger partial charge in [-0.2, -0.15) is 0 Å². The van der Waals surface area contributed by atoms with Crippen LogP contribution >= 0.6 is 23.2 Å². The van der Waals surface area contributed by atoms with Gasteiger partial charge < -0.3 is 15.3 Å². The molecule has 24 heavy (non-hydrogen) atoms. The Balaban J connectivity index is 1.88. The Kier molecular flexibility index (Phi) is 6.61. The molecule has 0 saturated heterocycles. The molecular formula is C17H15Cl2N2O3-. The summed E-state index contributed by atoms with van der Waals surface area (Å²) in [7, 11) is 0. The molecule has 2 aromatic rings. The van der Waals surface area contributed by atoms with E-state index in [-0.39, 0.29) is 24.6 Å².